The van der Waals surface area contributed by atoms with Crippen molar-refractivity contribution in [2.75, 3.05) is 12.4 Å². The molecule has 0 aliphatic carbocycles. The van der Waals surface area contributed by atoms with Crippen molar-refractivity contribution >= 4 is 27.5 Å². The Morgan fingerprint density at radius 2 is 1.71 bits per heavy atom. The van der Waals surface area contributed by atoms with Crippen LogP contribution in [0, 0.1) is 12.8 Å². The fourth-order valence-electron chi connectivity index (χ4n) is 3.03. The van der Waals surface area contributed by atoms with Crippen LogP contribution in [0.3, 0.4) is 0 Å². The molecule has 1 aliphatic heterocycles. The molecular formula is C18H18ClNO3S. The number of carbonyl (C=O) groups excluding carboxylic acids is 1. The van der Waals surface area contributed by atoms with Crippen molar-refractivity contribution in [3.8, 4) is 0 Å². The van der Waals surface area contributed by atoms with Crippen LogP contribution in [0.15, 0.2) is 59.5 Å². The number of rotatable bonds is 4. The highest BCUT2D eigenvalue weighted by Crippen LogP contribution is 2.37. The maximum Gasteiger partial charge on any atom is 0.266 e. The van der Waals surface area contributed by atoms with Gasteiger partial charge in [0.1, 0.15) is 0 Å². The predicted octanol–water partition coefficient (Wildman–Crippen LogP) is 3.16. The van der Waals surface area contributed by atoms with Crippen LogP contribution < -0.4 is 0 Å². The molecule has 2 aromatic rings. The first-order valence-corrected chi connectivity index (χ1v) is 9.67. The van der Waals surface area contributed by atoms with E-state index in [0.717, 1.165) is 15.4 Å². The molecule has 2 atom stereocenters. The van der Waals surface area contributed by atoms with Crippen LogP contribution in [0.2, 0.25) is 0 Å². The second-order valence-electron chi connectivity index (χ2n) is 5.99. The number of benzene rings is 2. The summed E-state index contributed by atoms with van der Waals surface area (Å²) in [6, 6.07) is 15.7. The van der Waals surface area contributed by atoms with E-state index in [1.807, 2.05) is 37.3 Å². The Kier molecular flexibility index (Phi) is 4.65. The van der Waals surface area contributed by atoms with Gasteiger partial charge in [-0.3, -0.25) is 4.79 Å². The molecule has 1 heterocycles. The maximum absolute atomic E-state index is 12.9. The van der Waals surface area contributed by atoms with E-state index in [0.29, 0.717) is 0 Å². The Hall–Kier alpha value is -1.85. The van der Waals surface area contributed by atoms with Crippen molar-refractivity contribution < 1.29 is 13.2 Å². The molecule has 0 saturated carbocycles. The Morgan fingerprint density at radius 1 is 1.08 bits per heavy atom. The van der Waals surface area contributed by atoms with Crippen molar-refractivity contribution in [2.24, 2.45) is 5.92 Å². The van der Waals surface area contributed by atoms with Crippen molar-refractivity contribution in [3.05, 3.63) is 65.7 Å². The summed E-state index contributed by atoms with van der Waals surface area (Å²) < 4.78 is 26.7. The number of amides is 1. The lowest BCUT2D eigenvalue weighted by atomic mass is 9.90. The molecule has 1 saturated heterocycles. The molecule has 1 fully saturated rings. The molecule has 1 amide bonds. The quantitative estimate of drug-likeness (QED) is 0.784. The molecule has 4 nitrogen and oxygen atoms in total. The van der Waals surface area contributed by atoms with Crippen LogP contribution >= 0.6 is 11.6 Å². The van der Waals surface area contributed by atoms with Gasteiger partial charge in [-0.2, -0.15) is 0 Å². The van der Waals surface area contributed by atoms with Gasteiger partial charge in [0.2, 0.25) is 5.91 Å². The third kappa shape index (κ3) is 2.94. The van der Waals surface area contributed by atoms with Gasteiger partial charge in [-0.05, 0) is 24.6 Å². The first-order chi connectivity index (χ1) is 11.4. The van der Waals surface area contributed by atoms with E-state index in [1.54, 1.807) is 12.1 Å². The van der Waals surface area contributed by atoms with Crippen LogP contribution in [0.1, 0.15) is 17.0 Å². The Labute approximate surface area is 147 Å². The van der Waals surface area contributed by atoms with Crippen LogP contribution in [-0.2, 0) is 14.8 Å². The minimum Gasteiger partial charge on any atom is -0.273 e. The zero-order valence-electron chi connectivity index (χ0n) is 13.2. The number of nitrogens with zero attached hydrogens (tertiary/aromatic N) is 1. The number of alkyl halides is 1. The van der Waals surface area contributed by atoms with E-state index in [4.69, 9.17) is 11.6 Å². The summed E-state index contributed by atoms with van der Waals surface area (Å²) in [6.45, 7) is 1.99. The highest BCUT2D eigenvalue weighted by atomic mass is 35.5. The monoisotopic (exact) mass is 363 g/mol. The van der Waals surface area contributed by atoms with Gasteiger partial charge in [-0.25, -0.2) is 12.7 Å². The van der Waals surface area contributed by atoms with Gasteiger partial charge in [0, 0.05) is 18.3 Å². The van der Waals surface area contributed by atoms with Gasteiger partial charge < -0.3 is 0 Å². The second-order valence-corrected chi connectivity index (χ2v) is 8.16. The smallest absolute Gasteiger partial charge is 0.266 e. The highest BCUT2D eigenvalue weighted by molar-refractivity contribution is 7.89. The summed E-state index contributed by atoms with van der Waals surface area (Å²) in [5.41, 5.74) is 1.76. The van der Waals surface area contributed by atoms with E-state index in [9.17, 15) is 13.2 Å². The fraction of sp³-hybridized carbons (Fsp3) is 0.278. The van der Waals surface area contributed by atoms with E-state index in [1.165, 1.54) is 12.1 Å². The lowest BCUT2D eigenvalue weighted by molar-refractivity contribution is -0.125. The molecule has 6 heteroatoms. The lowest BCUT2D eigenvalue weighted by Crippen LogP contribution is -2.33. The molecule has 2 aromatic carbocycles. The summed E-state index contributed by atoms with van der Waals surface area (Å²) in [5.74, 6) is -0.941. The molecular weight excluding hydrogens is 346 g/mol. The van der Waals surface area contributed by atoms with Gasteiger partial charge in [-0.15, -0.1) is 11.6 Å². The molecule has 0 bridgehead atoms. The molecule has 3 rings (SSSR count). The van der Waals surface area contributed by atoms with Gasteiger partial charge in [0.25, 0.3) is 10.0 Å². The van der Waals surface area contributed by atoms with Crippen molar-refractivity contribution in [1.29, 1.82) is 0 Å². The molecule has 0 radical (unpaired) electrons. The number of halogens is 1. The summed E-state index contributed by atoms with van der Waals surface area (Å²) in [4.78, 5) is 13.0. The van der Waals surface area contributed by atoms with Gasteiger partial charge >= 0.3 is 0 Å². The van der Waals surface area contributed by atoms with Crippen LogP contribution in [0.5, 0.6) is 0 Å². The molecule has 0 N–H and O–H groups in total. The van der Waals surface area contributed by atoms with Crippen molar-refractivity contribution in [2.45, 2.75) is 17.7 Å². The molecule has 0 spiro atoms. The van der Waals surface area contributed by atoms with Gasteiger partial charge in [0.15, 0.2) is 0 Å². The minimum absolute atomic E-state index is 0.109. The zero-order chi connectivity index (χ0) is 17.3. The molecule has 126 valence electrons. The fourth-order valence-corrected chi connectivity index (χ4v) is 4.78. The van der Waals surface area contributed by atoms with Crippen LogP contribution in [0.25, 0.3) is 0 Å². The van der Waals surface area contributed by atoms with E-state index in [-0.39, 0.29) is 23.2 Å². The average molecular weight is 364 g/mol. The first kappa shape index (κ1) is 17.0. The molecule has 1 aliphatic rings. The van der Waals surface area contributed by atoms with E-state index >= 15 is 0 Å². The number of aryl methyl sites for hydroxylation is 1. The number of hydrogen-bond donors (Lipinski definition) is 0. The van der Waals surface area contributed by atoms with Crippen molar-refractivity contribution in [1.82, 2.24) is 4.31 Å². The SMILES string of the molecule is Cc1ccc(S(=O)(=O)N2C[C@@H](CCl)[C@@H](c3ccccc3)C2=O)cc1. The largest absolute Gasteiger partial charge is 0.273 e. The normalized spacial score (nSPS) is 21.2. The summed E-state index contributed by atoms with van der Waals surface area (Å²) in [5, 5.41) is 0. The number of carbonyl (C=O) groups is 1. The Balaban J connectivity index is 1.98. The minimum atomic E-state index is -3.86. The zero-order valence-corrected chi connectivity index (χ0v) is 14.8. The maximum atomic E-state index is 12.9. The Bertz CT molecular complexity index is 834. The highest BCUT2D eigenvalue weighted by Gasteiger charge is 2.46. The first-order valence-electron chi connectivity index (χ1n) is 7.69. The Morgan fingerprint density at radius 3 is 2.29 bits per heavy atom. The summed E-state index contributed by atoms with van der Waals surface area (Å²) in [6.07, 6.45) is 0. The van der Waals surface area contributed by atoms with Crippen LogP contribution in [-0.4, -0.2) is 31.1 Å². The third-order valence-electron chi connectivity index (χ3n) is 4.35. The standard InChI is InChI=1S/C18H18ClNO3S/c1-13-7-9-16(10-8-13)24(22,23)20-12-15(11-19)17(18(20)21)14-5-3-2-4-6-14/h2-10,15,17H,11-12H2,1H3/t15-,17-/m1/s1. The van der Waals surface area contributed by atoms with E-state index in [2.05, 4.69) is 0 Å². The molecule has 0 aromatic heterocycles. The lowest BCUT2D eigenvalue weighted by Gasteiger charge is -2.17. The molecule has 24 heavy (non-hydrogen) atoms. The van der Waals surface area contributed by atoms with Gasteiger partial charge in [0.05, 0.1) is 10.8 Å². The number of hydrogen-bond acceptors (Lipinski definition) is 3. The van der Waals surface area contributed by atoms with Crippen LogP contribution in [0.4, 0.5) is 0 Å². The molecule has 0 unspecified atom stereocenters. The topological polar surface area (TPSA) is 54.5 Å². The summed E-state index contributed by atoms with van der Waals surface area (Å²) in [7, 11) is -3.86. The second kappa shape index (κ2) is 6.57. The summed E-state index contributed by atoms with van der Waals surface area (Å²) >= 11 is 6.03. The average Bonchev–Trinajstić information content (AvgIpc) is 2.93. The predicted molar refractivity (Wildman–Crippen MR) is 93.5 cm³/mol. The van der Waals surface area contributed by atoms with E-state index < -0.39 is 21.8 Å². The van der Waals surface area contributed by atoms with Crippen molar-refractivity contribution in [3.63, 3.8) is 0 Å². The number of sulfonamides is 1. The third-order valence-corrected chi connectivity index (χ3v) is 6.52. The van der Waals surface area contributed by atoms with Gasteiger partial charge in [-0.1, -0.05) is 48.0 Å².